The van der Waals surface area contributed by atoms with Crippen LogP contribution in [0.1, 0.15) is 54.7 Å². The highest BCUT2D eigenvalue weighted by Crippen LogP contribution is 2.42. The normalized spacial score (nSPS) is 14.8. The molecule has 0 aliphatic carbocycles. The van der Waals surface area contributed by atoms with E-state index in [2.05, 4.69) is 32.6 Å². The number of rotatable bonds is 7. The molecule has 1 N–H and O–H groups in total. The van der Waals surface area contributed by atoms with Crippen molar-refractivity contribution >= 4 is 35.1 Å². The fourth-order valence-corrected chi connectivity index (χ4v) is 4.25. The molecular weight excluding hydrogens is 433 g/mol. The Bertz CT molecular complexity index is 1020. The number of phenolic OH excluding ortho intramolecular Hbond substituents is 1. The summed E-state index contributed by atoms with van der Waals surface area (Å²) in [6.45, 7) is 12.8. The molecule has 0 spiro atoms. The van der Waals surface area contributed by atoms with Gasteiger partial charge in [-0.3, -0.25) is 9.69 Å². The van der Waals surface area contributed by atoms with Crippen molar-refractivity contribution in [2.75, 3.05) is 13.1 Å². The predicted octanol–water partition coefficient (Wildman–Crippen LogP) is 6.74. The molecular formula is C25H29Cl2NO3. The zero-order valence-electron chi connectivity index (χ0n) is 18.6. The van der Waals surface area contributed by atoms with Gasteiger partial charge in [-0.05, 0) is 54.2 Å². The number of aromatic hydroxyl groups is 1. The van der Waals surface area contributed by atoms with Crippen LogP contribution in [0.3, 0.4) is 0 Å². The Balaban J connectivity index is 1.99. The van der Waals surface area contributed by atoms with E-state index in [1.807, 2.05) is 6.92 Å². The second-order valence-electron chi connectivity index (χ2n) is 8.99. The van der Waals surface area contributed by atoms with Gasteiger partial charge in [-0.2, -0.15) is 0 Å². The number of carbonyl (C=O) groups is 1. The molecule has 166 valence electrons. The van der Waals surface area contributed by atoms with E-state index >= 15 is 0 Å². The van der Waals surface area contributed by atoms with Crippen LogP contribution in [0.4, 0.5) is 0 Å². The SMILES string of the molecule is Cc1cc(O)c(CN(CC(C)C)CC(C)C)c2c1C(=O)/C(=C\c1ccc(Cl)c(Cl)c1)O2. The summed E-state index contributed by atoms with van der Waals surface area (Å²) in [5, 5.41) is 11.6. The van der Waals surface area contributed by atoms with E-state index in [9.17, 15) is 9.90 Å². The first kappa shape index (κ1) is 23.6. The van der Waals surface area contributed by atoms with Crippen LogP contribution < -0.4 is 4.74 Å². The monoisotopic (exact) mass is 461 g/mol. The Kier molecular flexibility index (Phi) is 7.35. The van der Waals surface area contributed by atoms with E-state index in [1.165, 1.54) is 0 Å². The minimum atomic E-state index is -0.195. The molecule has 2 aromatic rings. The Hall–Kier alpha value is -2.01. The third-order valence-electron chi connectivity index (χ3n) is 5.09. The molecule has 6 heteroatoms. The summed E-state index contributed by atoms with van der Waals surface area (Å²) in [4.78, 5) is 15.4. The van der Waals surface area contributed by atoms with Crippen LogP contribution in [0.15, 0.2) is 30.0 Å². The van der Waals surface area contributed by atoms with Gasteiger partial charge in [-0.1, -0.05) is 57.0 Å². The van der Waals surface area contributed by atoms with Crippen molar-refractivity contribution in [2.24, 2.45) is 11.8 Å². The first-order chi connectivity index (χ1) is 14.6. The molecule has 0 saturated carbocycles. The molecule has 3 rings (SSSR count). The fraction of sp³-hybridized carbons (Fsp3) is 0.400. The van der Waals surface area contributed by atoms with Gasteiger partial charge in [-0.25, -0.2) is 0 Å². The number of phenols is 1. The van der Waals surface area contributed by atoms with E-state index in [4.69, 9.17) is 27.9 Å². The molecule has 1 aliphatic rings. The van der Waals surface area contributed by atoms with Gasteiger partial charge < -0.3 is 9.84 Å². The molecule has 0 amide bonds. The third kappa shape index (κ3) is 5.43. The van der Waals surface area contributed by atoms with Gasteiger partial charge in [0.05, 0.1) is 21.2 Å². The molecule has 0 saturated heterocycles. The van der Waals surface area contributed by atoms with Crippen molar-refractivity contribution in [1.82, 2.24) is 4.90 Å². The molecule has 0 atom stereocenters. The van der Waals surface area contributed by atoms with Crippen LogP contribution in [0, 0.1) is 18.8 Å². The average molecular weight is 462 g/mol. The van der Waals surface area contributed by atoms with Gasteiger partial charge in [0.25, 0.3) is 0 Å². The smallest absolute Gasteiger partial charge is 0.232 e. The molecule has 1 heterocycles. The Labute approximate surface area is 194 Å². The minimum Gasteiger partial charge on any atom is -0.507 e. The summed E-state index contributed by atoms with van der Waals surface area (Å²) in [6.07, 6.45) is 1.66. The van der Waals surface area contributed by atoms with Gasteiger partial charge in [0.15, 0.2) is 5.76 Å². The van der Waals surface area contributed by atoms with Gasteiger partial charge in [0, 0.05) is 19.6 Å². The van der Waals surface area contributed by atoms with Crippen molar-refractivity contribution in [3.63, 3.8) is 0 Å². The number of Topliss-reactive ketones (excluding diaryl/α,β-unsaturated/α-hetero) is 1. The number of nitrogens with zero attached hydrogens (tertiary/aromatic N) is 1. The van der Waals surface area contributed by atoms with Crippen LogP contribution in [-0.2, 0) is 6.54 Å². The number of hydrogen-bond acceptors (Lipinski definition) is 4. The first-order valence-corrected chi connectivity index (χ1v) is 11.3. The van der Waals surface area contributed by atoms with Crippen molar-refractivity contribution in [3.8, 4) is 11.5 Å². The summed E-state index contributed by atoms with van der Waals surface area (Å²) >= 11 is 12.1. The molecule has 1 aliphatic heterocycles. The lowest BCUT2D eigenvalue weighted by Crippen LogP contribution is -2.31. The zero-order valence-corrected chi connectivity index (χ0v) is 20.1. The molecule has 31 heavy (non-hydrogen) atoms. The molecule has 2 aromatic carbocycles. The Morgan fingerprint density at radius 1 is 1.06 bits per heavy atom. The summed E-state index contributed by atoms with van der Waals surface area (Å²) < 4.78 is 6.05. The maximum Gasteiger partial charge on any atom is 0.232 e. The van der Waals surface area contributed by atoms with E-state index in [0.717, 1.165) is 18.7 Å². The highest BCUT2D eigenvalue weighted by atomic mass is 35.5. The first-order valence-electron chi connectivity index (χ1n) is 10.5. The molecule has 0 fully saturated rings. The van der Waals surface area contributed by atoms with E-state index in [-0.39, 0.29) is 17.3 Å². The van der Waals surface area contributed by atoms with Crippen molar-refractivity contribution in [2.45, 2.75) is 41.2 Å². The topological polar surface area (TPSA) is 49.8 Å². The maximum absolute atomic E-state index is 13.1. The number of carbonyl (C=O) groups excluding carboxylic acids is 1. The summed E-state index contributed by atoms with van der Waals surface area (Å²) in [7, 11) is 0. The van der Waals surface area contributed by atoms with E-state index in [1.54, 1.807) is 30.3 Å². The molecule has 0 unspecified atom stereocenters. The molecule has 0 aromatic heterocycles. The number of ketones is 1. The van der Waals surface area contributed by atoms with Gasteiger partial charge in [-0.15, -0.1) is 0 Å². The minimum absolute atomic E-state index is 0.150. The fourth-order valence-electron chi connectivity index (χ4n) is 3.95. The summed E-state index contributed by atoms with van der Waals surface area (Å²) in [6, 6.07) is 6.80. The van der Waals surface area contributed by atoms with Crippen molar-refractivity contribution in [3.05, 3.63) is 62.3 Å². The summed E-state index contributed by atoms with van der Waals surface area (Å²) in [5.41, 5.74) is 2.56. The number of benzene rings is 2. The lowest BCUT2D eigenvalue weighted by atomic mass is 9.98. The van der Waals surface area contributed by atoms with Crippen LogP contribution in [0.2, 0.25) is 10.0 Å². The van der Waals surface area contributed by atoms with Crippen LogP contribution in [0.5, 0.6) is 11.5 Å². The van der Waals surface area contributed by atoms with E-state index < -0.39 is 0 Å². The van der Waals surface area contributed by atoms with Gasteiger partial charge in [0.1, 0.15) is 11.5 Å². The number of fused-ring (bicyclic) bond motifs is 1. The largest absolute Gasteiger partial charge is 0.507 e. The molecule has 0 radical (unpaired) electrons. The zero-order chi connectivity index (χ0) is 22.9. The standard InChI is InChI=1S/C25H29Cl2NO3/c1-14(2)11-28(12-15(3)4)13-18-21(29)8-16(5)23-24(30)22(31-25(18)23)10-17-6-7-19(26)20(27)9-17/h6-10,14-15,29H,11-13H2,1-5H3/b22-10+. The van der Waals surface area contributed by atoms with Crippen molar-refractivity contribution < 1.29 is 14.6 Å². The van der Waals surface area contributed by atoms with Crippen LogP contribution in [0.25, 0.3) is 6.08 Å². The Morgan fingerprint density at radius 3 is 2.29 bits per heavy atom. The van der Waals surface area contributed by atoms with Crippen LogP contribution >= 0.6 is 23.2 Å². The third-order valence-corrected chi connectivity index (χ3v) is 5.83. The van der Waals surface area contributed by atoms with Gasteiger partial charge >= 0.3 is 0 Å². The number of hydrogen-bond donors (Lipinski definition) is 1. The molecule has 4 nitrogen and oxygen atoms in total. The highest BCUT2D eigenvalue weighted by molar-refractivity contribution is 6.42. The number of allylic oxidation sites excluding steroid dienone is 1. The lowest BCUT2D eigenvalue weighted by Gasteiger charge is -2.27. The van der Waals surface area contributed by atoms with Crippen LogP contribution in [-0.4, -0.2) is 28.9 Å². The summed E-state index contributed by atoms with van der Waals surface area (Å²) in [5.74, 6) is 1.57. The lowest BCUT2D eigenvalue weighted by molar-refractivity contribution is 0.101. The second-order valence-corrected chi connectivity index (χ2v) is 9.80. The van der Waals surface area contributed by atoms with Gasteiger partial charge in [0.2, 0.25) is 5.78 Å². The number of halogens is 2. The van der Waals surface area contributed by atoms with Crippen molar-refractivity contribution in [1.29, 1.82) is 0 Å². The predicted molar refractivity (Wildman–Crippen MR) is 127 cm³/mol. The number of ether oxygens (including phenoxy) is 1. The maximum atomic E-state index is 13.1. The highest BCUT2D eigenvalue weighted by Gasteiger charge is 2.33. The van der Waals surface area contributed by atoms with E-state index in [0.29, 0.717) is 50.9 Å². The molecule has 0 bridgehead atoms. The Morgan fingerprint density at radius 2 is 1.71 bits per heavy atom. The average Bonchev–Trinajstić information content (AvgIpc) is 2.97. The quantitative estimate of drug-likeness (QED) is 0.463. The second kappa shape index (κ2) is 9.64. The number of aryl methyl sites for hydroxylation is 1.